The Hall–Kier alpha value is -1.58. The topological polar surface area (TPSA) is 54.7 Å². The van der Waals surface area contributed by atoms with Gasteiger partial charge in [-0.15, -0.1) is 0 Å². The third kappa shape index (κ3) is 2.43. The van der Waals surface area contributed by atoms with Gasteiger partial charge in [0.25, 0.3) is 0 Å². The van der Waals surface area contributed by atoms with Crippen molar-refractivity contribution in [3.63, 3.8) is 0 Å². The highest BCUT2D eigenvalue weighted by molar-refractivity contribution is 5.80. The highest BCUT2D eigenvalue weighted by atomic mass is 16.5. The molecule has 0 radical (unpaired) electrons. The standard InChI is InChI=1S/C9H12N2O2/c1-3-13-9-5-4-8(6-10-12)7(2)11-9/h4-6,12H,3H2,1-2H3. The lowest BCUT2D eigenvalue weighted by atomic mass is 10.2. The second-order valence-corrected chi connectivity index (χ2v) is 2.50. The van der Waals surface area contributed by atoms with Crippen LogP contribution in [0.5, 0.6) is 5.88 Å². The van der Waals surface area contributed by atoms with E-state index in [2.05, 4.69) is 10.1 Å². The van der Waals surface area contributed by atoms with Gasteiger partial charge in [0.15, 0.2) is 0 Å². The number of aryl methyl sites for hydroxylation is 1. The molecule has 0 unspecified atom stereocenters. The van der Waals surface area contributed by atoms with Crippen LogP contribution in [0.25, 0.3) is 0 Å². The largest absolute Gasteiger partial charge is 0.478 e. The first-order valence-electron chi connectivity index (χ1n) is 4.05. The summed E-state index contributed by atoms with van der Waals surface area (Å²) in [6.45, 7) is 4.33. The van der Waals surface area contributed by atoms with Crippen LogP contribution in [0.15, 0.2) is 17.3 Å². The van der Waals surface area contributed by atoms with Crippen LogP contribution in [0.3, 0.4) is 0 Å². The molecule has 0 saturated carbocycles. The van der Waals surface area contributed by atoms with Gasteiger partial charge in [0, 0.05) is 11.6 Å². The Balaban J connectivity index is 2.91. The minimum Gasteiger partial charge on any atom is -0.478 e. The minimum absolute atomic E-state index is 0.593. The molecule has 1 heterocycles. The van der Waals surface area contributed by atoms with Crippen molar-refractivity contribution in [2.45, 2.75) is 13.8 Å². The van der Waals surface area contributed by atoms with Gasteiger partial charge >= 0.3 is 0 Å². The maximum absolute atomic E-state index is 8.33. The molecule has 0 saturated heterocycles. The summed E-state index contributed by atoms with van der Waals surface area (Å²) < 4.78 is 5.20. The van der Waals surface area contributed by atoms with Crippen molar-refractivity contribution < 1.29 is 9.94 Å². The number of pyridine rings is 1. The zero-order chi connectivity index (χ0) is 9.68. The Morgan fingerprint density at radius 3 is 2.92 bits per heavy atom. The number of hydrogen-bond acceptors (Lipinski definition) is 4. The number of rotatable bonds is 3. The summed E-state index contributed by atoms with van der Waals surface area (Å²) in [7, 11) is 0. The van der Waals surface area contributed by atoms with Crippen molar-refractivity contribution in [3.05, 3.63) is 23.4 Å². The fourth-order valence-corrected chi connectivity index (χ4v) is 0.976. The average Bonchev–Trinajstić information content (AvgIpc) is 2.10. The minimum atomic E-state index is 0.593. The fraction of sp³-hybridized carbons (Fsp3) is 0.333. The molecule has 0 amide bonds. The monoisotopic (exact) mass is 180 g/mol. The van der Waals surface area contributed by atoms with Gasteiger partial charge < -0.3 is 9.94 Å². The molecule has 1 aromatic rings. The van der Waals surface area contributed by atoms with Gasteiger partial charge in [0.05, 0.1) is 18.5 Å². The summed E-state index contributed by atoms with van der Waals surface area (Å²) in [5.74, 6) is 0.593. The van der Waals surface area contributed by atoms with Gasteiger partial charge in [-0.05, 0) is 19.9 Å². The molecular formula is C9H12N2O2. The van der Waals surface area contributed by atoms with E-state index in [0.29, 0.717) is 12.5 Å². The van der Waals surface area contributed by atoms with Gasteiger partial charge in [0.1, 0.15) is 0 Å². The fourth-order valence-electron chi connectivity index (χ4n) is 0.976. The Morgan fingerprint density at radius 2 is 2.38 bits per heavy atom. The molecule has 70 valence electrons. The molecule has 0 aliphatic carbocycles. The maximum atomic E-state index is 8.33. The molecule has 0 aromatic carbocycles. The van der Waals surface area contributed by atoms with E-state index in [1.807, 2.05) is 13.8 Å². The quantitative estimate of drug-likeness (QED) is 0.436. The smallest absolute Gasteiger partial charge is 0.213 e. The van der Waals surface area contributed by atoms with Gasteiger partial charge in [-0.3, -0.25) is 0 Å². The summed E-state index contributed by atoms with van der Waals surface area (Å²) >= 11 is 0. The second-order valence-electron chi connectivity index (χ2n) is 2.50. The van der Waals surface area contributed by atoms with Crippen molar-refractivity contribution in [2.75, 3.05) is 6.61 Å². The highest BCUT2D eigenvalue weighted by Crippen LogP contribution is 2.10. The summed E-state index contributed by atoms with van der Waals surface area (Å²) in [5, 5.41) is 11.3. The Morgan fingerprint density at radius 1 is 1.62 bits per heavy atom. The predicted octanol–water partition coefficient (Wildman–Crippen LogP) is 1.60. The van der Waals surface area contributed by atoms with E-state index in [4.69, 9.17) is 9.94 Å². The van der Waals surface area contributed by atoms with Crippen LogP contribution in [-0.2, 0) is 0 Å². The first-order valence-corrected chi connectivity index (χ1v) is 4.05. The van der Waals surface area contributed by atoms with Crippen LogP contribution >= 0.6 is 0 Å². The number of nitrogens with zero attached hydrogens (tertiary/aromatic N) is 2. The molecule has 0 atom stereocenters. The maximum Gasteiger partial charge on any atom is 0.213 e. The number of oxime groups is 1. The summed E-state index contributed by atoms with van der Waals surface area (Å²) in [4.78, 5) is 4.16. The summed E-state index contributed by atoms with van der Waals surface area (Å²) in [5.41, 5.74) is 1.56. The molecule has 0 aliphatic rings. The lowest BCUT2D eigenvalue weighted by Crippen LogP contribution is -1.98. The van der Waals surface area contributed by atoms with Crippen molar-refractivity contribution in [1.29, 1.82) is 0 Å². The van der Waals surface area contributed by atoms with Crippen LogP contribution in [-0.4, -0.2) is 23.0 Å². The molecule has 1 N–H and O–H groups in total. The number of ether oxygens (including phenoxy) is 1. The van der Waals surface area contributed by atoms with Crippen LogP contribution in [0, 0.1) is 6.92 Å². The zero-order valence-electron chi connectivity index (χ0n) is 7.69. The number of hydrogen-bond donors (Lipinski definition) is 1. The molecule has 4 nitrogen and oxygen atoms in total. The zero-order valence-corrected chi connectivity index (χ0v) is 7.69. The van der Waals surface area contributed by atoms with E-state index in [-0.39, 0.29) is 0 Å². The molecule has 1 aromatic heterocycles. The van der Waals surface area contributed by atoms with Crippen LogP contribution < -0.4 is 4.74 Å². The third-order valence-electron chi connectivity index (χ3n) is 1.59. The molecule has 1 rings (SSSR count). The van der Waals surface area contributed by atoms with E-state index in [9.17, 15) is 0 Å². The Bertz CT molecular complexity index is 310. The van der Waals surface area contributed by atoms with Crippen LogP contribution in [0.4, 0.5) is 0 Å². The lowest BCUT2D eigenvalue weighted by Gasteiger charge is -2.03. The molecule has 0 fully saturated rings. The Labute approximate surface area is 76.9 Å². The normalized spacial score (nSPS) is 10.6. The van der Waals surface area contributed by atoms with E-state index in [0.717, 1.165) is 11.3 Å². The first kappa shape index (κ1) is 9.51. The molecule has 0 aliphatic heterocycles. The molecule has 4 heteroatoms. The highest BCUT2D eigenvalue weighted by Gasteiger charge is 1.99. The van der Waals surface area contributed by atoms with E-state index in [1.54, 1.807) is 12.1 Å². The predicted molar refractivity (Wildman–Crippen MR) is 49.5 cm³/mol. The van der Waals surface area contributed by atoms with Crippen LogP contribution in [0.2, 0.25) is 0 Å². The lowest BCUT2D eigenvalue weighted by molar-refractivity contribution is 0.321. The van der Waals surface area contributed by atoms with Crippen molar-refractivity contribution in [3.8, 4) is 5.88 Å². The molecule has 13 heavy (non-hydrogen) atoms. The van der Waals surface area contributed by atoms with Crippen molar-refractivity contribution >= 4 is 6.21 Å². The summed E-state index contributed by atoms with van der Waals surface area (Å²) in [6.07, 6.45) is 1.35. The van der Waals surface area contributed by atoms with E-state index >= 15 is 0 Å². The summed E-state index contributed by atoms with van der Waals surface area (Å²) in [6, 6.07) is 3.54. The molecule has 0 bridgehead atoms. The van der Waals surface area contributed by atoms with Gasteiger partial charge in [-0.2, -0.15) is 0 Å². The van der Waals surface area contributed by atoms with Gasteiger partial charge in [0.2, 0.25) is 5.88 Å². The molecular weight excluding hydrogens is 168 g/mol. The molecule has 0 spiro atoms. The number of aromatic nitrogens is 1. The van der Waals surface area contributed by atoms with Crippen LogP contribution in [0.1, 0.15) is 18.2 Å². The average molecular weight is 180 g/mol. The second kappa shape index (κ2) is 4.45. The Kier molecular flexibility index (Phi) is 3.25. The van der Waals surface area contributed by atoms with Crippen molar-refractivity contribution in [1.82, 2.24) is 4.98 Å². The van der Waals surface area contributed by atoms with E-state index < -0.39 is 0 Å². The van der Waals surface area contributed by atoms with E-state index in [1.165, 1.54) is 6.21 Å². The van der Waals surface area contributed by atoms with Gasteiger partial charge in [-0.1, -0.05) is 5.16 Å². The van der Waals surface area contributed by atoms with Crippen molar-refractivity contribution in [2.24, 2.45) is 5.16 Å². The first-order chi connectivity index (χ1) is 6.27. The SMILES string of the molecule is CCOc1ccc(C=NO)c(C)n1. The third-order valence-corrected chi connectivity index (χ3v) is 1.59. The van der Waals surface area contributed by atoms with Gasteiger partial charge in [-0.25, -0.2) is 4.98 Å².